The summed E-state index contributed by atoms with van der Waals surface area (Å²) in [6.45, 7) is 4.26. The third-order valence-electron chi connectivity index (χ3n) is 7.08. The van der Waals surface area contributed by atoms with Gasteiger partial charge in [0.1, 0.15) is 5.82 Å². The summed E-state index contributed by atoms with van der Waals surface area (Å²) >= 11 is 0. The molecule has 0 radical (unpaired) electrons. The van der Waals surface area contributed by atoms with Crippen LogP contribution in [-0.2, 0) is 4.79 Å². The Hall–Kier alpha value is -2.24. The highest BCUT2D eigenvalue weighted by atomic mass is 19.1. The lowest BCUT2D eigenvalue weighted by Crippen LogP contribution is -2.85. The lowest BCUT2D eigenvalue weighted by Gasteiger charge is -2.71. The highest BCUT2D eigenvalue weighted by Crippen LogP contribution is 2.55. The van der Waals surface area contributed by atoms with Gasteiger partial charge < -0.3 is 10.0 Å². The zero-order valence-corrected chi connectivity index (χ0v) is 16.7. The van der Waals surface area contributed by atoms with E-state index in [1.165, 1.54) is 24.5 Å². The van der Waals surface area contributed by atoms with Crippen molar-refractivity contribution in [3.63, 3.8) is 0 Å². The third-order valence-corrected chi connectivity index (χ3v) is 7.08. The molecule has 0 unspecified atom stereocenters. The number of benzene rings is 2. The molecule has 2 heterocycles. The van der Waals surface area contributed by atoms with E-state index in [0.29, 0.717) is 0 Å². The molecule has 3 aliphatic rings. The van der Waals surface area contributed by atoms with Crippen molar-refractivity contribution in [2.24, 2.45) is 5.92 Å². The van der Waals surface area contributed by atoms with Crippen molar-refractivity contribution in [1.82, 2.24) is 9.80 Å². The van der Waals surface area contributed by atoms with Gasteiger partial charge in [-0.15, -0.1) is 0 Å². The number of carbonyl (C=O) groups is 1. The summed E-state index contributed by atoms with van der Waals surface area (Å²) in [5.41, 5.74) is 2.98. The lowest BCUT2D eigenvalue weighted by molar-refractivity contribution is -0.196. The first-order valence-electron chi connectivity index (χ1n) is 10.5. The fraction of sp³-hybridized carbons (Fsp3) is 0.458. The fourth-order valence-electron chi connectivity index (χ4n) is 5.36. The van der Waals surface area contributed by atoms with E-state index in [1.54, 1.807) is 19.1 Å². The Morgan fingerprint density at radius 1 is 1.14 bits per heavy atom. The summed E-state index contributed by atoms with van der Waals surface area (Å²) in [4.78, 5) is 16.2. The minimum atomic E-state index is -0.237. The quantitative estimate of drug-likeness (QED) is 0.847. The van der Waals surface area contributed by atoms with Gasteiger partial charge in [0.2, 0.25) is 5.91 Å². The second-order valence-electron chi connectivity index (χ2n) is 8.93. The zero-order valence-electron chi connectivity index (χ0n) is 16.7. The Morgan fingerprint density at radius 2 is 1.86 bits per heavy atom. The number of nitrogens with zero attached hydrogens (tertiary/aromatic N) is 2. The minimum Gasteiger partial charge on any atom is -0.395 e. The highest BCUT2D eigenvalue weighted by molar-refractivity contribution is 5.75. The maximum atomic E-state index is 13.6. The molecule has 0 bridgehead atoms. The van der Waals surface area contributed by atoms with Gasteiger partial charge in [-0.3, -0.25) is 9.69 Å². The van der Waals surface area contributed by atoms with Crippen LogP contribution < -0.4 is 0 Å². The van der Waals surface area contributed by atoms with Crippen LogP contribution in [0.3, 0.4) is 0 Å². The van der Waals surface area contributed by atoms with Crippen LogP contribution in [0, 0.1) is 11.7 Å². The molecule has 29 heavy (non-hydrogen) atoms. The first-order valence-corrected chi connectivity index (χ1v) is 10.5. The number of hydrogen-bond donors (Lipinski definition) is 1. The molecule has 1 amide bonds. The van der Waals surface area contributed by atoms with E-state index in [-0.39, 0.29) is 35.8 Å². The molecule has 1 N–H and O–H groups in total. The molecule has 152 valence electrons. The van der Waals surface area contributed by atoms with Crippen LogP contribution in [0.4, 0.5) is 4.39 Å². The van der Waals surface area contributed by atoms with Gasteiger partial charge in [-0.25, -0.2) is 4.39 Å². The summed E-state index contributed by atoms with van der Waals surface area (Å²) in [5.74, 6) is 0.834. The topological polar surface area (TPSA) is 43.8 Å². The maximum absolute atomic E-state index is 13.6. The molecular weight excluding hydrogens is 367 g/mol. The van der Waals surface area contributed by atoms with Crippen molar-refractivity contribution in [1.29, 1.82) is 0 Å². The van der Waals surface area contributed by atoms with E-state index in [2.05, 4.69) is 17.0 Å². The SMILES string of the molecule is CC(=O)N1CC2(C1)[C@H](c1ccc(-c3cccc(F)c3)cc1)[C@@H](CO)N2CC1CC1. The van der Waals surface area contributed by atoms with Crippen LogP contribution in [0.15, 0.2) is 48.5 Å². The van der Waals surface area contributed by atoms with E-state index in [1.807, 2.05) is 23.1 Å². The molecule has 2 aromatic rings. The van der Waals surface area contributed by atoms with Gasteiger partial charge in [-0.05, 0) is 47.6 Å². The summed E-state index contributed by atoms with van der Waals surface area (Å²) in [6, 6.07) is 15.0. The van der Waals surface area contributed by atoms with Gasteiger partial charge in [-0.2, -0.15) is 0 Å². The van der Waals surface area contributed by atoms with Gasteiger partial charge in [0.15, 0.2) is 0 Å². The number of hydrogen-bond acceptors (Lipinski definition) is 3. The average Bonchev–Trinajstić information content (AvgIpc) is 3.48. The first kappa shape index (κ1) is 18.8. The number of rotatable bonds is 5. The van der Waals surface area contributed by atoms with Gasteiger partial charge in [0, 0.05) is 38.5 Å². The van der Waals surface area contributed by atoms with E-state index < -0.39 is 0 Å². The van der Waals surface area contributed by atoms with Gasteiger partial charge >= 0.3 is 0 Å². The predicted molar refractivity (Wildman–Crippen MR) is 110 cm³/mol. The van der Waals surface area contributed by atoms with Crippen molar-refractivity contribution in [2.45, 2.75) is 37.3 Å². The van der Waals surface area contributed by atoms with Gasteiger partial charge in [0.05, 0.1) is 12.1 Å². The van der Waals surface area contributed by atoms with Crippen molar-refractivity contribution in [3.05, 3.63) is 59.9 Å². The number of halogens is 1. The van der Waals surface area contributed by atoms with Gasteiger partial charge in [0.25, 0.3) is 0 Å². The van der Waals surface area contributed by atoms with Crippen LogP contribution in [0.5, 0.6) is 0 Å². The molecule has 0 aromatic heterocycles. The molecule has 5 heteroatoms. The molecule has 1 saturated carbocycles. The van der Waals surface area contributed by atoms with Crippen molar-refractivity contribution in [3.8, 4) is 11.1 Å². The van der Waals surface area contributed by atoms with Crippen molar-refractivity contribution >= 4 is 5.91 Å². The van der Waals surface area contributed by atoms with Crippen LogP contribution in [0.25, 0.3) is 11.1 Å². The predicted octanol–water partition coefficient (Wildman–Crippen LogP) is 3.26. The number of carbonyl (C=O) groups excluding carboxylic acids is 1. The number of aliphatic hydroxyl groups excluding tert-OH is 1. The second-order valence-corrected chi connectivity index (χ2v) is 8.93. The van der Waals surface area contributed by atoms with Crippen molar-refractivity contribution in [2.75, 3.05) is 26.2 Å². The molecule has 2 saturated heterocycles. The molecule has 4 nitrogen and oxygen atoms in total. The fourth-order valence-corrected chi connectivity index (χ4v) is 5.36. The monoisotopic (exact) mass is 394 g/mol. The summed E-state index contributed by atoms with van der Waals surface area (Å²) in [5, 5.41) is 10.1. The molecule has 2 aromatic carbocycles. The molecule has 2 aliphatic heterocycles. The molecule has 1 aliphatic carbocycles. The second kappa shape index (κ2) is 6.92. The Balaban J connectivity index is 1.42. The molecule has 1 spiro atoms. The summed E-state index contributed by atoms with van der Waals surface area (Å²) in [7, 11) is 0. The molecule has 2 atom stereocenters. The van der Waals surface area contributed by atoms with Crippen molar-refractivity contribution < 1.29 is 14.3 Å². The molecule has 5 rings (SSSR count). The van der Waals surface area contributed by atoms with Gasteiger partial charge in [-0.1, -0.05) is 36.4 Å². The van der Waals surface area contributed by atoms with Crippen LogP contribution in [-0.4, -0.2) is 58.6 Å². The lowest BCUT2D eigenvalue weighted by atomic mass is 9.60. The van der Waals surface area contributed by atoms with Crippen LogP contribution in [0.2, 0.25) is 0 Å². The Bertz CT molecular complexity index is 919. The number of likely N-dealkylation sites (tertiary alicyclic amines) is 2. The Morgan fingerprint density at radius 3 is 2.45 bits per heavy atom. The smallest absolute Gasteiger partial charge is 0.219 e. The summed E-state index contributed by atoms with van der Waals surface area (Å²) < 4.78 is 13.6. The van der Waals surface area contributed by atoms with E-state index in [9.17, 15) is 14.3 Å². The Kier molecular flexibility index (Phi) is 4.48. The normalized spacial score (nSPS) is 25.6. The highest BCUT2D eigenvalue weighted by Gasteiger charge is 2.66. The zero-order chi connectivity index (χ0) is 20.2. The molecule has 3 fully saturated rings. The average molecular weight is 394 g/mol. The molecular formula is C24H27FN2O2. The number of amides is 1. The third kappa shape index (κ3) is 3.08. The van der Waals surface area contributed by atoms with Crippen LogP contribution >= 0.6 is 0 Å². The van der Waals surface area contributed by atoms with Crippen LogP contribution in [0.1, 0.15) is 31.2 Å². The maximum Gasteiger partial charge on any atom is 0.219 e. The van der Waals surface area contributed by atoms with E-state index in [0.717, 1.165) is 36.7 Å². The minimum absolute atomic E-state index is 0.0535. The largest absolute Gasteiger partial charge is 0.395 e. The standard InChI is InChI=1S/C24H27FN2O2/c1-16(29)26-14-24(15-26)23(22(13-28)27(24)12-17-5-6-17)19-9-7-18(8-10-19)20-3-2-4-21(25)11-20/h2-4,7-11,17,22-23,28H,5-6,12-15H2,1H3/t22-,23-/m1/s1. The Labute approximate surface area is 170 Å². The first-order chi connectivity index (χ1) is 14.0. The number of aliphatic hydroxyl groups is 1. The van der Waals surface area contributed by atoms with E-state index in [4.69, 9.17) is 0 Å². The summed E-state index contributed by atoms with van der Waals surface area (Å²) in [6.07, 6.45) is 2.54. The van der Waals surface area contributed by atoms with E-state index >= 15 is 0 Å².